The van der Waals surface area contributed by atoms with Crippen LogP contribution in [0.5, 0.6) is 0 Å². The number of para-hydroxylation sites is 1. The van der Waals surface area contributed by atoms with Crippen LogP contribution < -0.4 is 10.6 Å². The first-order valence-electron chi connectivity index (χ1n) is 7.57. The molecule has 0 aromatic heterocycles. The topological polar surface area (TPSA) is 41.1 Å². The second-order valence-corrected chi connectivity index (χ2v) is 5.74. The Hall–Kier alpha value is -2.50. The largest absolute Gasteiger partial charge is 0.416 e. The molecule has 3 nitrogen and oxygen atoms in total. The van der Waals surface area contributed by atoms with Crippen LogP contribution in [0.3, 0.4) is 0 Å². The van der Waals surface area contributed by atoms with Crippen LogP contribution in [0.15, 0.2) is 48.5 Å². The number of nitrogens with one attached hydrogen (secondary N) is 2. The normalized spacial score (nSPS) is 11.4. The van der Waals surface area contributed by atoms with Gasteiger partial charge in [0.05, 0.1) is 5.56 Å². The summed E-state index contributed by atoms with van der Waals surface area (Å²) in [5.74, 6) is 0.261. The zero-order valence-corrected chi connectivity index (χ0v) is 13.4. The highest BCUT2D eigenvalue weighted by Crippen LogP contribution is 2.29. The molecular formula is C18H19F3N2O. The van der Waals surface area contributed by atoms with Gasteiger partial charge < -0.3 is 10.6 Å². The number of alkyl halides is 3. The van der Waals surface area contributed by atoms with Crippen LogP contribution in [0.4, 0.5) is 23.7 Å². The smallest absolute Gasteiger partial charge is 0.334 e. The minimum absolute atomic E-state index is 0.147. The van der Waals surface area contributed by atoms with E-state index in [1.54, 1.807) is 0 Å². The van der Waals surface area contributed by atoms with Crippen molar-refractivity contribution < 1.29 is 18.0 Å². The number of halogens is 3. The lowest BCUT2D eigenvalue weighted by atomic mass is 10.0. The van der Waals surface area contributed by atoms with E-state index in [1.165, 1.54) is 12.1 Å². The Labute approximate surface area is 138 Å². The summed E-state index contributed by atoms with van der Waals surface area (Å²) in [6.07, 6.45) is -4.36. The van der Waals surface area contributed by atoms with E-state index < -0.39 is 17.8 Å². The molecule has 2 N–H and O–H groups in total. The highest BCUT2D eigenvalue weighted by molar-refractivity contribution is 5.90. The molecule has 0 aliphatic heterocycles. The van der Waals surface area contributed by atoms with Crippen molar-refractivity contribution in [2.45, 2.75) is 32.5 Å². The van der Waals surface area contributed by atoms with Gasteiger partial charge in [-0.2, -0.15) is 13.2 Å². The quantitative estimate of drug-likeness (QED) is 0.796. The lowest BCUT2D eigenvalue weighted by molar-refractivity contribution is -0.137. The Kier molecular flexibility index (Phi) is 5.49. The summed E-state index contributed by atoms with van der Waals surface area (Å²) in [5, 5.41) is 5.41. The maximum absolute atomic E-state index is 12.5. The van der Waals surface area contributed by atoms with Gasteiger partial charge >= 0.3 is 12.2 Å². The van der Waals surface area contributed by atoms with E-state index in [-0.39, 0.29) is 12.5 Å². The highest BCUT2D eigenvalue weighted by atomic mass is 19.4. The van der Waals surface area contributed by atoms with E-state index in [2.05, 4.69) is 10.6 Å². The molecule has 24 heavy (non-hydrogen) atoms. The maximum Gasteiger partial charge on any atom is 0.416 e. The molecule has 0 aliphatic rings. The molecule has 2 amide bonds. The van der Waals surface area contributed by atoms with Gasteiger partial charge in [-0.25, -0.2) is 4.79 Å². The van der Waals surface area contributed by atoms with E-state index in [0.717, 1.165) is 23.4 Å². The fourth-order valence-corrected chi connectivity index (χ4v) is 2.27. The number of hydrogen-bond acceptors (Lipinski definition) is 1. The predicted octanol–water partition coefficient (Wildman–Crippen LogP) is 5.15. The fraction of sp³-hybridized carbons (Fsp3) is 0.278. The van der Waals surface area contributed by atoms with Crippen molar-refractivity contribution >= 4 is 11.7 Å². The molecule has 2 rings (SSSR count). The molecule has 0 spiro atoms. The first kappa shape index (κ1) is 17.8. The highest BCUT2D eigenvalue weighted by Gasteiger charge is 2.29. The number of carbonyl (C=O) groups excluding carboxylic acids is 1. The lowest BCUT2D eigenvalue weighted by Crippen LogP contribution is -2.28. The number of carbonyl (C=O) groups is 1. The Bertz CT molecular complexity index is 694. The predicted molar refractivity (Wildman–Crippen MR) is 87.8 cm³/mol. The Balaban J connectivity index is 1.94. The van der Waals surface area contributed by atoms with Crippen LogP contribution in [-0.4, -0.2) is 6.03 Å². The van der Waals surface area contributed by atoms with Crippen LogP contribution in [-0.2, 0) is 12.7 Å². The first-order valence-corrected chi connectivity index (χ1v) is 7.57. The van der Waals surface area contributed by atoms with E-state index in [9.17, 15) is 18.0 Å². The Morgan fingerprint density at radius 1 is 1.04 bits per heavy atom. The summed E-state index contributed by atoms with van der Waals surface area (Å²) < 4.78 is 37.5. The second-order valence-electron chi connectivity index (χ2n) is 5.74. The summed E-state index contributed by atoms with van der Waals surface area (Å²) >= 11 is 0. The minimum Gasteiger partial charge on any atom is -0.334 e. The molecular weight excluding hydrogens is 317 g/mol. The number of amides is 2. The zero-order valence-electron chi connectivity index (χ0n) is 13.4. The van der Waals surface area contributed by atoms with Gasteiger partial charge in [0.2, 0.25) is 0 Å². The van der Waals surface area contributed by atoms with Crippen molar-refractivity contribution in [3.8, 4) is 0 Å². The second kappa shape index (κ2) is 7.38. The minimum atomic E-state index is -4.36. The number of benzene rings is 2. The average molecular weight is 336 g/mol. The first-order chi connectivity index (χ1) is 11.3. The molecule has 2 aromatic carbocycles. The zero-order chi connectivity index (χ0) is 17.7. The average Bonchev–Trinajstić information content (AvgIpc) is 2.53. The van der Waals surface area contributed by atoms with Gasteiger partial charge in [-0.3, -0.25) is 0 Å². The lowest BCUT2D eigenvalue weighted by Gasteiger charge is -2.14. The maximum atomic E-state index is 12.5. The molecule has 0 unspecified atom stereocenters. The molecule has 6 heteroatoms. The van der Waals surface area contributed by atoms with Crippen molar-refractivity contribution in [1.82, 2.24) is 5.32 Å². The van der Waals surface area contributed by atoms with E-state index >= 15 is 0 Å². The summed E-state index contributed by atoms with van der Waals surface area (Å²) in [6.45, 7) is 4.20. The van der Waals surface area contributed by atoms with E-state index in [1.807, 2.05) is 38.1 Å². The standard InChI is InChI=1S/C18H19F3N2O/c1-12(2)15-5-3-4-6-16(15)23-17(24)22-11-13-7-9-14(10-8-13)18(19,20)21/h3-10,12H,11H2,1-2H3,(H2,22,23,24). The van der Waals surface area contributed by atoms with Crippen molar-refractivity contribution in [3.05, 3.63) is 65.2 Å². The van der Waals surface area contributed by atoms with Crippen LogP contribution in [0.1, 0.15) is 36.5 Å². The summed E-state index contributed by atoms with van der Waals surface area (Å²) in [5.41, 5.74) is 1.62. The van der Waals surface area contributed by atoms with Gasteiger partial charge in [0, 0.05) is 12.2 Å². The molecule has 0 saturated carbocycles. The molecule has 0 fully saturated rings. The van der Waals surface area contributed by atoms with Gasteiger partial charge in [0.15, 0.2) is 0 Å². The van der Waals surface area contributed by atoms with Gasteiger partial charge in [-0.05, 0) is 35.2 Å². The fourth-order valence-electron chi connectivity index (χ4n) is 2.27. The Morgan fingerprint density at radius 3 is 2.25 bits per heavy atom. The van der Waals surface area contributed by atoms with Gasteiger partial charge in [0.1, 0.15) is 0 Å². The van der Waals surface area contributed by atoms with Crippen molar-refractivity contribution in [3.63, 3.8) is 0 Å². The third kappa shape index (κ3) is 4.75. The third-order valence-corrected chi connectivity index (χ3v) is 3.57. The van der Waals surface area contributed by atoms with Crippen LogP contribution in [0.25, 0.3) is 0 Å². The molecule has 0 aliphatic carbocycles. The monoisotopic (exact) mass is 336 g/mol. The molecule has 0 heterocycles. The van der Waals surface area contributed by atoms with Gasteiger partial charge in [0.25, 0.3) is 0 Å². The van der Waals surface area contributed by atoms with Crippen molar-refractivity contribution in [2.75, 3.05) is 5.32 Å². The molecule has 0 saturated heterocycles. The molecule has 128 valence electrons. The van der Waals surface area contributed by atoms with E-state index in [0.29, 0.717) is 5.56 Å². The summed E-state index contributed by atoms with van der Waals surface area (Å²) in [6, 6.07) is 11.8. The van der Waals surface area contributed by atoms with Crippen LogP contribution in [0.2, 0.25) is 0 Å². The number of anilines is 1. The SMILES string of the molecule is CC(C)c1ccccc1NC(=O)NCc1ccc(C(F)(F)F)cc1. The number of urea groups is 1. The molecule has 2 aromatic rings. The third-order valence-electron chi connectivity index (χ3n) is 3.57. The summed E-state index contributed by atoms with van der Waals surface area (Å²) in [7, 11) is 0. The van der Waals surface area contributed by atoms with Gasteiger partial charge in [-0.15, -0.1) is 0 Å². The number of hydrogen-bond donors (Lipinski definition) is 2. The molecule has 0 bridgehead atoms. The van der Waals surface area contributed by atoms with Crippen LogP contribution >= 0.6 is 0 Å². The molecule has 0 atom stereocenters. The van der Waals surface area contributed by atoms with Crippen molar-refractivity contribution in [2.24, 2.45) is 0 Å². The summed E-state index contributed by atoms with van der Waals surface area (Å²) in [4.78, 5) is 12.0. The molecule has 0 radical (unpaired) electrons. The Morgan fingerprint density at radius 2 is 1.67 bits per heavy atom. The van der Waals surface area contributed by atoms with Crippen LogP contribution in [0, 0.1) is 0 Å². The van der Waals surface area contributed by atoms with Gasteiger partial charge in [-0.1, -0.05) is 44.2 Å². The van der Waals surface area contributed by atoms with Crippen molar-refractivity contribution in [1.29, 1.82) is 0 Å². The van der Waals surface area contributed by atoms with E-state index in [4.69, 9.17) is 0 Å². The number of rotatable bonds is 4.